The van der Waals surface area contributed by atoms with Crippen LogP contribution in [-0.4, -0.2) is 26.3 Å². The van der Waals surface area contributed by atoms with Crippen LogP contribution in [0.4, 0.5) is 0 Å². The number of benzene rings is 1. The van der Waals surface area contributed by atoms with Gasteiger partial charge in [0, 0.05) is 0 Å². The molecule has 0 saturated carbocycles. The molecular formula is C15H21NO2. The summed E-state index contributed by atoms with van der Waals surface area (Å²) in [5, 5.41) is 3.42. The van der Waals surface area contributed by atoms with Crippen LogP contribution in [0.15, 0.2) is 12.1 Å². The zero-order chi connectivity index (χ0) is 12.4. The predicted octanol–water partition coefficient (Wildman–Crippen LogP) is 2.31. The molecule has 98 valence electrons. The lowest BCUT2D eigenvalue weighted by molar-refractivity contribution is 0.168. The van der Waals surface area contributed by atoms with Gasteiger partial charge in [0.1, 0.15) is 13.2 Å². The molecule has 0 aromatic heterocycles. The number of nitrogens with one attached hydrogen (secondary N) is 1. The van der Waals surface area contributed by atoms with Crippen molar-refractivity contribution in [3.05, 3.63) is 23.3 Å². The first-order chi connectivity index (χ1) is 8.84. The molecule has 3 nitrogen and oxygen atoms in total. The van der Waals surface area contributed by atoms with Gasteiger partial charge in [0.15, 0.2) is 11.5 Å². The largest absolute Gasteiger partial charge is 0.486 e. The fourth-order valence-corrected chi connectivity index (χ4v) is 2.88. The fraction of sp³-hybridized carbons (Fsp3) is 0.600. The van der Waals surface area contributed by atoms with Gasteiger partial charge in [0.2, 0.25) is 0 Å². The van der Waals surface area contributed by atoms with E-state index in [9.17, 15) is 0 Å². The maximum atomic E-state index is 5.84. The molecule has 0 atom stereocenters. The van der Waals surface area contributed by atoms with Crippen molar-refractivity contribution in [3.8, 4) is 11.5 Å². The van der Waals surface area contributed by atoms with Crippen molar-refractivity contribution in [2.75, 3.05) is 26.3 Å². The normalized spacial score (nSPS) is 19.8. The Hall–Kier alpha value is -1.22. The van der Waals surface area contributed by atoms with Crippen LogP contribution in [0, 0.1) is 12.8 Å². The highest BCUT2D eigenvalue weighted by atomic mass is 16.6. The maximum absolute atomic E-state index is 5.84. The van der Waals surface area contributed by atoms with Crippen molar-refractivity contribution in [2.45, 2.75) is 26.2 Å². The van der Waals surface area contributed by atoms with Gasteiger partial charge in [0.05, 0.1) is 0 Å². The van der Waals surface area contributed by atoms with E-state index in [1.165, 1.54) is 24.0 Å². The molecule has 2 aliphatic heterocycles. The maximum Gasteiger partial charge on any atom is 0.164 e. The lowest BCUT2D eigenvalue weighted by Crippen LogP contribution is -2.29. The summed E-state index contributed by atoms with van der Waals surface area (Å²) < 4.78 is 11.6. The van der Waals surface area contributed by atoms with Crippen molar-refractivity contribution in [2.24, 2.45) is 5.92 Å². The molecule has 3 heteroatoms. The standard InChI is InChI=1S/C15H21NO2/c1-11-2-3-13(10-12-4-6-16-7-5-12)15-14(11)17-8-9-18-15/h2-3,12,16H,4-10H2,1H3. The lowest BCUT2D eigenvalue weighted by atomic mass is 9.90. The van der Waals surface area contributed by atoms with Crippen molar-refractivity contribution < 1.29 is 9.47 Å². The highest BCUT2D eigenvalue weighted by Gasteiger charge is 2.21. The average molecular weight is 247 g/mol. The Morgan fingerprint density at radius 2 is 1.83 bits per heavy atom. The summed E-state index contributed by atoms with van der Waals surface area (Å²) in [7, 11) is 0. The highest BCUT2D eigenvalue weighted by Crippen LogP contribution is 2.38. The van der Waals surface area contributed by atoms with Crippen molar-refractivity contribution >= 4 is 0 Å². The minimum absolute atomic E-state index is 0.671. The summed E-state index contributed by atoms with van der Waals surface area (Å²) in [6.45, 7) is 5.73. The summed E-state index contributed by atoms with van der Waals surface area (Å²) >= 11 is 0. The van der Waals surface area contributed by atoms with E-state index < -0.39 is 0 Å². The second kappa shape index (κ2) is 5.19. The molecule has 0 aliphatic carbocycles. The van der Waals surface area contributed by atoms with E-state index in [-0.39, 0.29) is 0 Å². The quantitative estimate of drug-likeness (QED) is 0.870. The number of piperidine rings is 1. The van der Waals surface area contributed by atoms with Gasteiger partial charge in [-0.1, -0.05) is 12.1 Å². The Labute approximate surface area is 108 Å². The third-order valence-corrected chi connectivity index (χ3v) is 3.93. The van der Waals surface area contributed by atoms with Gasteiger partial charge in [-0.05, 0) is 56.3 Å². The van der Waals surface area contributed by atoms with Crippen LogP contribution < -0.4 is 14.8 Å². The van der Waals surface area contributed by atoms with E-state index in [0.717, 1.165) is 36.9 Å². The molecule has 3 rings (SSSR count). The topological polar surface area (TPSA) is 30.5 Å². The van der Waals surface area contributed by atoms with Crippen molar-refractivity contribution in [3.63, 3.8) is 0 Å². The van der Waals surface area contributed by atoms with Gasteiger partial charge < -0.3 is 14.8 Å². The molecule has 0 bridgehead atoms. The van der Waals surface area contributed by atoms with Gasteiger partial charge in [-0.3, -0.25) is 0 Å². The number of rotatable bonds is 2. The third kappa shape index (κ3) is 2.32. The average Bonchev–Trinajstić information content (AvgIpc) is 2.44. The molecule has 0 amide bonds. The molecular weight excluding hydrogens is 226 g/mol. The van der Waals surface area contributed by atoms with Gasteiger partial charge in [0.25, 0.3) is 0 Å². The number of fused-ring (bicyclic) bond motifs is 1. The summed E-state index contributed by atoms with van der Waals surface area (Å²) in [5.41, 5.74) is 2.50. The first kappa shape index (κ1) is 11.8. The molecule has 0 unspecified atom stereocenters. The van der Waals surface area contributed by atoms with E-state index in [1.807, 2.05) is 0 Å². The Kier molecular flexibility index (Phi) is 3.41. The van der Waals surface area contributed by atoms with Crippen LogP contribution in [-0.2, 0) is 6.42 Å². The Morgan fingerprint density at radius 1 is 1.11 bits per heavy atom. The van der Waals surface area contributed by atoms with Crippen molar-refractivity contribution in [1.82, 2.24) is 5.32 Å². The first-order valence-corrected chi connectivity index (χ1v) is 6.93. The van der Waals surface area contributed by atoms with Gasteiger partial charge in [-0.2, -0.15) is 0 Å². The van der Waals surface area contributed by atoms with Gasteiger partial charge in [-0.25, -0.2) is 0 Å². The number of hydrogen-bond donors (Lipinski definition) is 1. The molecule has 2 heterocycles. The molecule has 1 fully saturated rings. The molecule has 1 aromatic carbocycles. The molecule has 0 spiro atoms. The van der Waals surface area contributed by atoms with Crippen LogP contribution in [0.2, 0.25) is 0 Å². The summed E-state index contributed by atoms with van der Waals surface area (Å²) in [5.74, 6) is 2.75. The minimum Gasteiger partial charge on any atom is -0.486 e. The zero-order valence-corrected chi connectivity index (χ0v) is 11.0. The molecule has 1 aromatic rings. The summed E-state index contributed by atoms with van der Waals surface area (Å²) in [4.78, 5) is 0. The second-order valence-corrected chi connectivity index (χ2v) is 5.29. The molecule has 0 radical (unpaired) electrons. The second-order valence-electron chi connectivity index (χ2n) is 5.29. The van der Waals surface area contributed by atoms with E-state index in [4.69, 9.17) is 9.47 Å². The van der Waals surface area contributed by atoms with Crippen LogP contribution in [0.5, 0.6) is 11.5 Å². The third-order valence-electron chi connectivity index (χ3n) is 3.93. The smallest absolute Gasteiger partial charge is 0.164 e. The van der Waals surface area contributed by atoms with E-state index in [1.54, 1.807) is 0 Å². The molecule has 18 heavy (non-hydrogen) atoms. The Bertz CT molecular complexity index is 425. The Balaban J connectivity index is 1.82. The summed E-state index contributed by atoms with van der Waals surface area (Å²) in [6.07, 6.45) is 3.65. The SMILES string of the molecule is Cc1ccc(CC2CCNCC2)c2c1OCCO2. The first-order valence-electron chi connectivity index (χ1n) is 6.93. The van der Waals surface area contributed by atoms with E-state index in [0.29, 0.717) is 13.2 Å². The van der Waals surface area contributed by atoms with Crippen LogP contribution in [0.1, 0.15) is 24.0 Å². The Morgan fingerprint density at radius 3 is 2.61 bits per heavy atom. The van der Waals surface area contributed by atoms with Crippen LogP contribution in [0.3, 0.4) is 0 Å². The van der Waals surface area contributed by atoms with Gasteiger partial charge in [-0.15, -0.1) is 0 Å². The molecule has 1 saturated heterocycles. The fourth-order valence-electron chi connectivity index (χ4n) is 2.88. The summed E-state index contributed by atoms with van der Waals surface area (Å²) in [6, 6.07) is 4.37. The highest BCUT2D eigenvalue weighted by molar-refractivity contribution is 5.52. The monoisotopic (exact) mass is 247 g/mol. The zero-order valence-electron chi connectivity index (χ0n) is 11.0. The predicted molar refractivity (Wildman–Crippen MR) is 71.5 cm³/mol. The number of aryl methyl sites for hydroxylation is 1. The van der Waals surface area contributed by atoms with Gasteiger partial charge >= 0.3 is 0 Å². The number of hydrogen-bond acceptors (Lipinski definition) is 3. The minimum atomic E-state index is 0.671. The van der Waals surface area contributed by atoms with Crippen LogP contribution in [0.25, 0.3) is 0 Å². The van der Waals surface area contributed by atoms with E-state index >= 15 is 0 Å². The van der Waals surface area contributed by atoms with E-state index in [2.05, 4.69) is 24.4 Å². The van der Waals surface area contributed by atoms with Crippen molar-refractivity contribution in [1.29, 1.82) is 0 Å². The molecule has 2 aliphatic rings. The van der Waals surface area contributed by atoms with Crippen LogP contribution >= 0.6 is 0 Å². The molecule has 1 N–H and O–H groups in total. The lowest BCUT2D eigenvalue weighted by Gasteiger charge is -2.26. The number of ether oxygens (including phenoxy) is 2.